The molecule has 0 saturated carbocycles. The maximum atomic E-state index is 12.7. The minimum atomic E-state index is -0.662. The van der Waals surface area contributed by atoms with Crippen LogP contribution in [0.3, 0.4) is 0 Å². The van der Waals surface area contributed by atoms with Gasteiger partial charge >= 0.3 is 5.97 Å². The molecule has 0 unspecified atom stereocenters. The number of esters is 1. The van der Waals surface area contributed by atoms with Gasteiger partial charge in [-0.1, -0.05) is 30.3 Å². The Morgan fingerprint density at radius 2 is 1.92 bits per heavy atom. The highest BCUT2D eigenvalue weighted by molar-refractivity contribution is 5.95. The molecule has 0 saturated heterocycles. The molecule has 0 fully saturated rings. The number of nitrogens with one attached hydrogen (secondary N) is 1. The van der Waals surface area contributed by atoms with E-state index in [2.05, 4.69) is 4.98 Å². The van der Waals surface area contributed by atoms with Crippen LogP contribution in [-0.4, -0.2) is 24.7 Å². The van der Waals surface area contributed by atoms with Crippen molar-refractivity contribution in [2.24, 2.45) is 0 Å². The van der Waals surface area contributed by atoms with E-state index >= 15 is 0 Å². The summed E-state index contributed by atoms with van der Waals surface area (Å²) in [5.74, 6) is 0.271. The number of aromatic nitrogens is 1. The average molecular weight is 353 g/mol. The molecule has 2 aromatic carbocycles. The predicted molar refractivity (Wildman–Crippen MR) is 97.9 cm³/mol. The van der Waals surface area contributed by atoms with E-state index in [9.17, 15) is 9.59 Å². The number of carbonyl (C=O) groups excluding carboxylic acids is 1. The number of fused-ring (bicyclic) bond motifs is 1. The molecule has 0 spiro atoms. The smallest absolute Gasteiger partial charge is 0.343 e. The van der Waals surface area contributed by atoms with E-state index in [0.717, 1.165) is 5.56 Å². The Morgan fingerprint density at radius 3 is 2.62 bits per heavy atom. The highest BCUT2D eigenvalue weighted by atomic mass is 16.5. The summed E-state index contributed by atoms with van der Waals surface area (Å²) in [7, 11) is 1.51. The first-order valence-electron chi connectivity index (χ1n) is 8.21. The number of ether oxygens (including phenoxy) is 3. The maximum Gasteiger partial charge on any atom is 0.343 e. The average Bonchev–Trinajstić information content (AvgIpc) is 2.67. The molecule has 3 aromatic rings. The maximum absolute atomic E-state index is 12.7. The van der Waals surface area contributed by atoms with Crippen molar-refractivity contribution >= 4 is 16.9 Å². The van der Waals surface area contributed by atoms with E-state index in [1.807, 2.05) is 30.3 Å². The number of aromatic amines is 1. The molecule has 0 aliphatic rings. The minimum absolute atomic E-state index is 0.0541. The minimum Gasteiger partial charge on any atom is -0.494 e. The fourth-order valence-electron chi connectivity index (χ4n) is 2.62. The Bertz CT molecular complexity index is 979. The Kier molecular flexibility index (Phi) is 5.22. The first-order chi connectivity index (χ1) is 12.6. The number of carbonyl (C=O) groups is 1. The summed E-state index contributed by atoms with van der Waals surface area (Å²) in [6.45, 7) is 2.23. The fourth-order valence-corrected chi connectivity index (χ4v) is 2.62. The normalized spacial score (nSPS) is 10.5. The third-order valence-electron chi connectivity index (χ3n) is 3.89. The highest BCUT2D eigenvalue weighted by Gasteiger charge is 2.17. The summed E-state index contributed by atoms with van der Waals surface area (Å²) in [4.78, 5) is 27.6. The van der Waals surface area contributed by atoms with Crippen molar-refractivity contribution in [3.05, 3.63) is 70.0 Å². The van der Waals surface area contributed by atoms with Crippen molar-refractivity contribution in [1.29, 1.82) is 0 Å². The zero-order valence-electron chi connectivity index (χ0n) is 14.6. The van der Waals surface area contributed by atoms with E-state index in [-0.39, 0.29) is 12.2 Å². The molecule has 0 amide bonds. The standard InChI is InChI=1S/C20H19NO5/c1-3-25-20(23)16-11-21-18-15(19(16)22)9-14(10-17(18)24-2)26-12-13-7-5-4-6-8-13/h4-11H,3,12H2,1-2H3,(H,21,22). The summed E-state index contributed by atoms with van der Waals surface area (Å²) >= 11 is 0. The van der Waals surface area contributed by atoms with Crippen LogP contribution >= 0.6 is 0 Å². The van der Waals surface area contributed by atoms with Crippen LogP contribution in [0.1, 0.15) is 22.8 Å². The van der Waals surface area contributed by atoms with Crippen LogP contribution in [0.5, 0.6) is 11.5 Å². The van der Waals surface area contributed by atoms with Crippen LogP contribution in [-0.2, 0) is 11.3 Å². The van der Waals surface area contributed by atoms with Crippen LogP contribution < -0.4 is 14.9 Å². The lowest BCUT2D eigenvalue weighted by atomic mass is 10.1. The molecule has 0 aliphatic carbocycles. The Balaban J connectivity index is 2.01. The van der Waals surface area contributed by atoms with Crippen molar-refractivity contribution in [2.45, 2.75) is 13.5 Å². The molecule has 1 N–H and O–H groups in total. The van der Waals surface area contributed by atoms with E-state index in [1.54, 1.807) is 19.1 Å². The van der Waals surface area contributed by atoms with Crippen molar-refractivity contribution in [3.8, 4) is 11.5 Å². The van der Waals surface area contributed by atoms with E-state index < -0.39 is 11.4 Å². The zero-order valence-corrected chi connectivity index (χ0v) is 14.6. The molecule has 6 heteroatoms. The third-order valence-corrected chi connectivity index (χ3v) is 3.89. The number of rotatable bonds is 6. The highest BCUT2D eigenvalue weighted by Crippen LogP contribution is 2.28. The van der Waals surface area contributed by atoms with Crippen molar-refractivity contribution in [3.63, 3.8) is 0 Å². The summed E-state index contributed by atoms with van der Waals surface area (Å²) in [6, 6.07) is 13.0. The topological polar surface area (TPSA) is 77.6 Å². The second-order valence-corrected chi connectivity index (χ2v) is 5.57. The van der Waals surface area contributed by atoms with Crippen molar-refractivity contribution in [2.75, 3.05) is 13.7 Å². The molecule has 134 valence electrons. The number of hydrogen-bond donors (Lipinski definition) is 1. The van der Waals surface area contributed by atoms with Gasteiger partial charge in [-0.15, -0.1) is 0 Å². The molecule has 1 aromatic heterocycles. The molecule has 0 atom stereocenters. The van der Waals surface area contributed by atoms with Gasteiger partial charge in [0.1, 0.15) is 23.7 Å². The van der Waals surface area contributed by atoms with Gasteiger partial charge in [0.2, 0.25) is 5.43 Å². The van der Waals surface area contributed by atoms with Crippen LogP contribution in [0.15, 0.2) is 53.5 Å². The summed E-state index contributed by atoms with van der Waals surface area (Å²) in [5.41, 5.74) is 1.01. The van der Waals surface area contributed by atoms with E-state index in [0.29, 0.717) is 29.0 Å². The largest absolute Gasteiger partial charge is 0.494 e. The van der Waals surface area contributed by atoms with Gasteiger partial charge in [0.05, 0.1) is 24.6 Å². The molecule has 0 aliphatic heterocycles. The van der Waals surface area contributed by atoms with Gasteiger partial charge in [0, 0.05) is 12.3 Å². The van der Waals surface area contributed by atoms with E-state index in [1.165, 1.54) is 13.3 Å². The van der Waals surface area contributed by atoms with Crippen LogP contribution in [0, 0.1) is 0 Å². The number of methoxy groups -OCH3 is 1. The lowest BCUT2D eigenvalue weighted by Crippen LogP contribution is -2.18. The molecule has 6 nitrogen and oxygen atoms in total. The van der Waals surface area contributed by atoms with Crippen molar-refractivity contribution in [1.82, 2.24) is 4.98 Å². The molecular weight excluding hydrogens is 334 g/mol. The summed E-state index contributed by atoms with van der Waals surface area (Å²) < 4.78 is 16.1. The number of benzene rings is 2. The zero-order chi connectivity index (χ0) is 18.5. The van der Waals surface area contributed by atoms with E-state index in [4.69, 9.17) is 14.2 Å². The van der Waals surface area contributed by atoms with Gasteiger partial charge in [-0.3, -0.25) is 4.79 Å². The van der Waals surface area contributed by atoms with Gasteiger partial charge in [-0.2, -0.15) is 0 Å². The first kappa shape index (κ1) is 17.5. The van der Waals surface area contributed by atoms with Gasteiger partial charge in [0.25, 0.3) is 0 Å². The van der Waals surface area contributed by atoms with Gasteiger partial charge in [-0.25, -0.2) is 4.79 Å². The van der Waals surface area contributed by atoms with Gasteiger partial charge in [0.15, 0.2) is 0 Å². The van der Waals surface area contributed by atoms with Gasteiger partial charge < -0.3 is 19.2 Å². The number of hydrogen-bond acceptors (Lipinski definition) is 5. The SMILES string of the molecule is CCOC(=O)c1c[nH]c2c(OC)cc(OCc3ccccc3)cc2c1=O. The number of H-pyrrole nitrogens is 1. The molecular formula is C20H19NO5. The van der Waals surface area contributed by atoms with Gasteiger partial charge in [-0.05, 0) is 18.6 Å². The predicted octanol–water partition coefficient (Wildman–Crippen LogP) is 3.29. The second-order valence-electron chi connectivity index (χ2n) is 5.57. The second kappa shape index (κ2) is 7.74. The third kappa shape index (κ3) is 3.54. The molecule has 0 radical (unpaired) electrons. The Labute approximate surface area is 150 Å². The summed E-state index contributed by atoms with van der Waals surface area (Å²) in [5, 5.41) is 0.304. The lowest BCUT2D eigenvalue weighted by molar-refractivity contribution is 0.0524. The Hall–Kier alpha value is -3.28. The quantitative estimate of drug-likeness (QED) is 0.688. The van der Waals surface area contributed by atoms with Crippen molar-refractivity contribution < 1.29 is 19.0 Å². The molecule has 0 bridgehead atoms. The molecule has 26 heavy (non-hydrogen) atoms. The molecule has 1 heterocycles. The van der Waals surface area contributed by atoms with Crippen LogP contribution in [0.25, 0.3) is 10.9 Å². The lowest BCUT2D eigenvalue weighted by Gasteiger charge is -2.11. The van der Waals surface area contributed by atoms with Crippen LogP contribution in [0.2, 0.25) is 0 Å². The number of pyridine rings is 1. The van der Waals surface area contributed by atoms with Crippen LogP contribution in [0.4, 0.5) is 0 Å². The molecule has 3 rings (SSSR count). The fraction of sp³-hybridized carbons (Fsp3) is 0.200. The monoisotopic (exact) mass is 353 g/mol. The first-order valence-corrected chi connectivity index (χ1v) is 8.21. The Morgan fingerprint density at radius 1 is 1.15 bits per heavy atom. The summed E-state index contributed by atoms with van der Waals surface area (Å²) in [6.07, 6.45) is 1.34.